The molecule has 2 aromatic heterocycles. The van der Waals surface area contributed by atoms with Crippen molar-refractivity contribution in [2.75, 3.05) is 20.3 Å². The number of nitrogens with zero attached hydrogens (tertiary/aromatic N) is 2. The SMILES string of the molecule is COc1ccc(CCNC(=O)c2cc(CN(Cc3cccs3)C(=O)COc3ccccc3)on2)cc1. The molecule has 9 heteroatoms. The third kappa shape index (κ3) is 7.19. The van der Waals surface area contributed by atoms with Crippen molar-refractivity contribution in [3.05, 3.63) is 100 Å². The summed E-state index contributed by atoms with van der Waals surface area (Å²) in [6.45, 7) is 0.912. The summed E-state index contributed by atoms with van der Waals surface area (Å²) in [5.41, 5.74) is 1.25. The lowest BCUT2D eigenvalue weighted by atomic mass is 10.1. The normalized spacial score (nSPS) is 10.6. The maximum absolute atomic E-state index is 13.0. The van der Waals surface area contributed by atoms with Crippen LogP contribution in [0.2, 0.25) is 0 Å². The first-order valence-corrected chi connectivity index (χ1v) is 12.3. The number of benzene rings is 2. The summed E-state index contributed by atoms with van der Waals surface area (Å²) in [5, 5.41) is 8.71. The van der Waals surface area contributed by atoms with Crippen molar-refractivity contribution in [2.24, 2.45) is 0 Å². The van der Waals surface area contributed by atoms with E-state index in [1.165, 1.54) is 0 Å². The van der Waals surface area contributed by atoms with E-state index >= 15 is 0 Å². The molecule has 1 N–H and O–H groups in total. The van der Waals surface area contributed by atoms with Gasteiger partial charge in [0, 0.05) is 17.5 Å². The minimum absolute atomic E-state index is 0.109. The van der Waals surface area contributed by atoms with Gasteiger partial charge in [0.2, 0.25) is 0 Å². The highest BCUT2D eigenvalue weighted by Crippen LogP contribution is 2.17. The number of aromatic nitrogens is 1. The summed E-state index contributed by atoms with van der Waals surface area (Å²) < 4.78 is 16.2. The van der Waals surface area contributed by atoms with Gasteiger partial charge in [-0.25, -0.2) is 0 Å². The highest BCUT2D eigenvalue weighted by Gasteiger charge is 2.20. The Bertz CT molecular complexity index is 1240. The summed E-state index contributed by atoms with van der Waals surface area (Å²) in [6, 6.07) is 22.3. The van der Waals surface area contributed by atoms with Crippen molar-refractivity contribution >= 4 is 23.2 Å². The minimum atomic E-state index is -0.331. The number of rotatable bonds is 12. The second-order valence-electron chi connectivity index (χ2n) is 7.96. The van der Waals surface area contributed by atoms with Gasteiger partial charge >= 0.3 is 0 Å². The van der Waals surface area contributed by atoms with Crippen LogP contribution in [-0.4, -0.2) is 42.1 Å². The Hall–Kier alpha value is -4.11. The fraction of sp³-hybridized carbons (Fsp3) is 0.222. The third-order valence-electron chi connectivity index (χ3n) is 5.38. The Morgan fingerprint density at radius 2 is 1.81 bits per heavy atom. The van der Waals surface area contributed by atoms with Crippen LogP contribution >= 0.6 is 11.3 Å². The lowest BCUT2D eigenvalue weighted by molar-refractivity contribution is -0.134. The second-order valence-corrected chi connectivity index (χ2v) is 9.00. The highest BCUT2D eigenvalue weighted by molar-refractivity contribution is 7.09. The molecule has 0 atom stereocenters. The van der Waals surface area contributed by atoms with E-state index in [1.807, 2.05) is 60.0 Å². The molecule has 0 saturated heterocycles. The minimum Gasteiger partial charge on any atom is -0.497 e. The Labute approximate surface area is 213 Å². The number of thiophene rings is 1. The van der Waals surface area contributed by atoms with Crippen LogP contribution in [-0.2, 0) is 24.3 Å². The topological polar surface area (TPSA) is 93.9 Å². The molecule has 2 heterocycles. The van der Waals surface area contributed by atoms with E-state index in [4.69, 9.17) is 14.0 Å². The third-order valence-corrected chi connectivity index (χ3v) is 6.24. The number of ether oxygens (including phenoxy) is 2. The van der Waals surface area contributed by atoms with E-state index in [2.05, 4.69) is 10.5 Å². The molecule has 0 unspecified atom stereocenters. The first-order valence-electron chi connectivity index (χ1n) is 11.5. The zero-order valence-electron chi connectivity index (χ0n) is 19.9. The first kappa shape index (κ1) is 25.0. The number of methoxy groups -OCH3 is 1. The first-order chi connectivity index (χ1) is 17.6. The molecule has 186 valence electrons. The van der Waals surface area contributed by atoms with Gasteiger partial charge in [-0.05, 0) is 47.7 Å². The summed E-state index contributed by atoms with van der Waals surface area (Å²) in [4.78, 5) is 28.1. The number of carbonyl (C=O) groups is 2. The van der Waals surface area contributed by atoms with Crippen molar-refractivity contribution < 1.29 is 23.6 Å². The molecule has 0 bridgehead atoms. The van der Waals surface area contributed by atoms with Crippen LogP contribution in [0.4, 0.5) is 0 Å². The molecule has 0 saturated carbocycles. The largest absolute Gasteiger partial charge is 0.497 e. The molecule has 36 heavy (non-hydrogen) atoms. The smallest absolute Gasteiger partial charge is 0.273 e. The zero-order valence-corrected chi connectivity index (χ0v) is 20.7. The number of carbonyl (C=O) groups excluding carboxylic acids is 2. The Kier molecular flexibility index (Phi) is 8.72. The number of nitrogens with one attached hydrogen (secondary N) is 1. The molecule has 0 radical (unpaired) electrons. The Morgan fingerprint density at radius 3 is 2.53 bits per heavy atom. The molecule has 0 spiro atoms. The Balaban J connectivity index is 1.33. The molecular weight excluding hydrogens is 478 g/mol. The molecule has 8 nitrogen and oxygen atoms in total. The molecule has 4 aromatic rings. The van der Waals surface area contributed by atoms with Gasteiger partial charge < -0.3 is 24.2 Å². The summed E-state index contributed by atoms with van der Waals surface area (Å²) >= 11 is 1.56. The molecule has 0 aliphatic heterocycles. The molecule has 0 aliphatic carbocycles. The van der Waals surface area contributed by atoms with Crippen molar-refractivity contribution in [3.63, 3.8) is 0 Å². The molecular formula is C27H27N3O5S. The van der Waals surface area contributed by atoms with Crippen LogP contribution in [0.3, 0.4) is 0 Å². The van der Waals surface area contributed by atoms with Crippen LogP contribution < -0.4 is 14.8 Å². The van der Waals surface area contributed by atoms with Crippen LogP contribution in [0, 0.1) is 0 Å². The zero-order chi connectivity index (χ0) is 25.2. The van der Waals surface area contributed by atoms with E-state index in [9.17, 15) is 9.59 Å². The molecule has 0 fully saturated rings. The molecule has 2 aromatic carbocycles. The van der Waals surface area contributed by atoms with Crippen LogP contribution in [0.15, 0.2) is 82.7 Å². The highest BCUT2D eigenvalue weighted by atomic mass is 32.1. The number of hydrogen-bond acceptors (Lipinski definition) is 7. The van der Waals surface area contributed by atoms with Crippen molar-refractivity contribution in [1.29, 1.82) is 0 Å². The van der Waals surface area contributed by atoms with Crippen molar-refractivity contribution in [3.8, 4) is 11.5 Å². The molecule has 2 amide bonds. The average molecular weight is 506 g/mol. The van der Waals surface area contributed by atoms with E-state index in [-0.39, 0.29) is 30.7 Å². The summed E-state index contributed by atoms with van der Waals surface area (Å²) in [7, 11) is 1.62. The lowest BCUT2D eigenvalue weighted by Gasteiger charge is -2.21. The quantitative estimate of drug-likeness (QED) is 0.308. The van der Waals surface area contributed by atoms with Gasteiger partial charge in [0.25, 0.3) is 11.8 Å². The van der Waals surface area contributed by atoms with E-state index in [0.717, 1.165) is 16.2 Å². The Morgan fingerprint density at radius 1 is 1.00 bits per heavy atom. The van der Waals surface area contributed by atoms with E-state index in [0.29, 0.717) is 31.0 Å². The van der Waals surface area contributed by atoms with Gasteiger partial charge in [-0.1, -0.05) is 41.6 Å². The monoisotopic (exact) mass is 505 g/mol. The van der Waals surface area contributed by atoms with Gasteiger partial charge in [-0.2, -0.15) is 0 Å². The average Bonchev–Trinajstić information content (AvgIpc) is 3.60. The van der Waals surface area contributed by atoms with Crippen molar-refractivity contribution in [2.45, 2.75) is 19.5 Å². The fourth-order valence-corrected chi connectivity index (χ4v) is 4.18. The molecule has 4 rings (SSSR count). The van der Waals surface area contributed by atoms with Gasteiger partial charge in [-0.15, -0.1) is 11.3 Å². The van der Waals surface area contributed by atoms with Crippen LogP contribution in [0.1, 0.15) is 26.7 Å². The number of para-hydroxylation sites is 1. The van der Waals surface area contributed by atoms with E-state index in [1.54, 1.807) is 41.5 Å². The number of amides is 2. The second kappa shape index (κ2) is 12.6. The van der Waals surface area contributed by atoms with E-state index < -0.39 is 0 Å². The fourth-order valence-electron chi connectivity index (χ4n) is 3.46. The van der Waals surface area contributed by atoms with Gasteiger partial charge in [0.15, 0.2) is 18.1 Å². The van der Waals surface area contributed by atoms with Crippen LogP contribution in [0.5, 0.6) is 11.5 Å². The summed E-state index contributed by atoms with van der Waals surface area (Å²) in [5.74, 6) is 1.29. The predicted octanol–water partition coefficient (Wildman–Crippen LogP) is 4.33. The van der Waals surface area contributed by atoms with Gasteiger partial charge in [-0.3, -0.25) is 9.59 Å². The van der Waals surface area contributed by atoms with Gasteiger partial charge in [0.1, 0.15) is 11.5 Å². The van der Waals surface area contributed by atoms with Crippen LogP contribution in [0.25, 0.3) is 0 Å². The maximum atomic E-state index is 13.0. The lowest BCUT2D eigenvalue weighted by Crippen LogP contribution is -2.33. The summed E-state index contributed by atoms with van der Waals surface area (Å²) in [6.07, 6.45) is 0.672. The number of hydrogen-bond donors (Lipinski definition) is 1. The maximum Gasteiger partial charge on any atom is 0.273 e. The van der Waals surface area contributed by atoms with Gasteiger partial charge in [0.05, 0.1) is 20.2 Å². The molecule has 0 aliphatic rings. The predicted molar refractivity (Wildman–Crippen MR) is 136 cm³/mol. The standard InChI is InChI=1S/C27H27N3O5S/c1-33-21-11-9-20(10-12-21)13-14-28-27(32)25-16-23(35-29-25)17-30(18-24-8-5-15-36-24)26(31)19-34-22-6-3-2-4-7-22/h2-12,15-16H,13-14,17-19H2,1H3,(H,28,32). The van der Waals surface area contributed by atoms with Crippen molar-refractivity contribution in [1.82, 2.24) is 15.4 Å².